The number of hydrogen-bond donors (Lipinski definition) is 0. The van der Waals surface area contributed by atoms with E-state index in [1.807, 2.05) is 6.08 Å². The normalized spacial score (nSPS) is 18.4. The summed E-state index contributed by atoms with van der Waals surface area (Å²) in [6, 6.07) is 0. The van der Waals surface area contributed by atoms with E-state index in [1.165, 1.54) is 4.48 Å². The summed E-state index contributed by atoms with van der Waals surface area (Å²) in [5, 5.41) is 0. The van der Waals surface area contributed by atoms with Crippen LogP contribution in [0.25, 0.3) is 0 Å². The molecule has 0 N–H and O–H groups in total. The van der Waals surface area contributed by atoms with Crippen LogP contribution in [0.1, 0.15) is 12.8 Å². The average molecular weight is 189 g/mol. The van der Waals surface area contributed by atoms with E-state index in [1.54, 1.807) is 7.11 Å². The van der Waals surface area contributed by atoms with E-state index in [9.17, 15) is 0 Å². The van der Waals surface area contributed by atoms with Crippen LogP contribution in [0, 0.1) is 0 Å². The topological polar surface area (TPSA) is 9.23 Å². The standard InChI is InChI=1S/C7H9BrO/c1-9-7-5-3-2-4-6(7)8/h3,5H,2,4H2,1H3. The lowest BCUT2D eigenvalue weighted by molar-refractivity contribution is 0.302. The van der Waals surface area contributed by atoms with Gasteiger partial charge in [0.1, 0.15) is 5.76 Å². The van der Waals surface area contributed by atoms with E-state index in [0.29, 0.717) is 0 Å². The third-order valence-corrected chi connectivity index (χ3v) is 2.07. The molecule has 0 atom stereocenters. The Balaban J connectivity index is 2.72. The fourth-order valence-electron chi connectivity index (χ4n) is 0.793. The summed E-state index contributed by atoms with van der Waals surface area (Å²) >= 11 is 3.42. The van der Waals surface area contributed by atoms with Crippen molar-refractivity contribution in [3.63, 3.8) is 0 Å². The van der Waals surface area contributed by atoms with E-state index < -0.39 is 0 Å². The van der Waals surface area contributed by atoms with Crippen molar-refractivity contribution in [3.8, 4) is 0 Å². The van der Waals surface area contributed by atoms with Crippen molar-refractivity contribution in [1.29, 1.82) is 0 Å². The van der Waals surface area contributed by atoms with Gasteiger partial charge in [0.15, 0.2) is 0 Å². The quantitative estimate of drug-likeness (QED) is 0.615. The Morgan fingerprint density at radius 2 is 2.44 bits per heavy atom. The Labute approximate surface area is 63.5 Å². The highest BCUT2D eigenvalue weighted by atomic mass is 79.9. The van der Waals surface area contributed by atoms with Crippen molar-refractivity contribution in [3.05, 3.63) is 22.4 Å². The van der Waals surface area contributed by atoms with Gasteiger partial charge in [0.05, 0.1) is 7.11 Å². The van der Waals surface area contributed by atoms with Gasteiger partial charge in [-0.05, 0) is 18.9 Å². The molecule has 2 heteroatoms. The number of methoxy groups -OCH3 is 1. The molecule has 9 heavy (non-hydrogen) atoms. The molecule has 1 aliphatic carbocycles. The van der Waals surface area contributed by atoms with Crippen LogP contribution in [0.3, 0.4) is 0 Å². The molecule has 0 aliphatic heterocycles. The lowest BCUT2D eigenvalue weighted by Gasteiger charge is -2.08. The maximum Gasteiger partial charge on any atom is 0.128 e. The molecule has 0 spiro atoms. The smallest absolute Gasteiger partial charge is 0.128 e. The van der Waals surface area contributed by atoms with Crippen molar-refractivity contribution in [2.24, 2.45) is 0 Å². The van der Waals surface area contributed by atoms with E-state index in [2.05, 4.69) is 22.0 Å². The maximum atomic E-state index is 5.05. The zero-order valence-electron chi connectivity index (χ0n) is 5.36. The summed E-state index contributed by atoms with van der Waals surface area (Å²) in [6.07, 6.45) is 6.30. The molecular weight excluding hydrogens is 180 g/mol. The van der Waals surface area contributed by atoms with Crippen LogP contribution in [-0.2, 0) is 4.74 Å². The molecule has 0 aromatic heterocycles. The van der Waals surface area contributed by atoms with Crippen LogP contribution < -0.4 is 0 Å². The predicted molar refractivity (Wildman–Crippen MR) is 41.3 cm³/mol. The predicted octanol–water partition coefficient (Wildman–Crippen LogP) is 2.59. The molecule has 1 rings (SSSR count). The summed E-state index contributed by atoms with van der Waals surface area (Å²) in [6.45, 7) is 0. The molecule has 0 heterocycles. The van der Waals surface area contributed by atoms with Crippen LogP contribution >= 0.6 is 15.9 Å². The summed E-state index contributed by atoms with van der Waals surface area (Å²) in [5.74, 6) is 0.959. The molecule has 0 bridgehead atoms. The van der Waals surface area contributed by atoms with E-state index in [0.717, 1.165) is 18.6 Å². The second-order valence-electron chi connectivity index (χ2n) is 1.91. The zero-order chi connectivity index (χ0) is 6.69. The second kappa shape index (κ2) is 3.06. The third kappa shape index (κ3) is 1.58. The molecule has 0 aromatic carbocycles. The van der Waals surface area contributed by atoms with Gasteiger partial charge >= 0.3 is 0 Å². The Morgan fingerprint density at radius 1 is 1.67 bits per heavy atom. The van der Waals surface area contributed by atoms with Gasteiger partial charge < -0.3 is 4.74 Å². The van der Waals surface area contributed by atoms with Gasteiger partial charge in [-0.25, -0.2) is 0 Å². The zero-order valence-corrected chi connectivity index (χ0v) is 6.94. The lowest BCUT2D eigenvalue weighted by Crippen LogP contribution is -1.90. The van der Waals surface area contributed by atoms with Crippen molar-refractivity contribution in [1.82, 2.24) is 0 Å². The minimum absolute atomic E-state index is 0.959. The second-order valence-corrected chi connectivity index (χ2v) is 2.87. The lowest BCUT2D eigenvalue weighted by atomic mass is 10.2. The first-order chi connectivity index (χ1) is 4.34. The summed E-state index contributed by atoms with van der Waals surface area (Å²) < 4.78 is 6.22. The highest BCUT2D eigenvalue weighted by Gasteiger charge is 2.03. The Kier molecular flexibility index (Phi) is 2.34. The van der Waals surface area contributed by atoms with Gasteiger partial charge in [0.2, 0.25) is 0 Å². The number of hydrogen-bond acceptors (Lipinski definition) is 1. The molecule has 0 fully saturated rings. The van der Waals surface area contributed by atoms with Crippen LogP contribution in [0.2, 0.25) is 0 Å². The first kappa shape index (κ1) is 6.87. The molecular formula is C7H9BrO. The Bertz CT molecular complexity index is 158. The SMILES string of the molecule is COC1=C(Br)CCC=C1. The number of ether oxygens (including phenoxy) is 1. The molecule has 1 aliphatic rings. The highest BCUT2D eigenvalue weighted by Crippen LogP contribution is 2.23. The molecule has 0 saturated carbocycles. The Morgan fingerprint density at radius 3 is 2.89 bits per heavy atom. The van der Waals surface area contributed by atoms with Crippen LogP contribution in [-0.4, -0.2) is 7.11 Å². The van der Waals surface area contributed by atoms with Crippen LogP contribution in [0.5, 0.6) is 0 Å². The van der Waals surface area contributed by atoms with Gasteiger partial charge in [-0.3, -0.25) is 0 Å². The average Bonchev–Trinajstić information content (AvgIpc) is 1.89. The Hall–Kier alpha value is -0.240. The highest BCUT2D eigenvalue weighted by molar-refractivity contribution is 9.11. The fourth-order valence-corrected chi connectivity index (χ4v) is 1.32. The van der Waals surface area contributed by atoms with Crippen molar-refractivity contribution >= 4 is 15.9 Å². The third-order valence-electron chi connectivity index (χ3n) is 1.29. The van der Waals surface area contributed by atoms with Crippen LogP contribution in [0.15, 0.2) is 22.4 Å². The number of rotatable bonds is 1. The van der Waals surface area contributed by atoms with Crippen molar-refractivity contribution in [2.45, 2.75) is 12.8 Å². The molecule has 1 nitrogen and oxygen atoms in total. The summed E-state index contributed by atoms with van der Waals surface area (Å²) in [7, 11) is 1.69. The maximum absolute atomic E-state index is 5.05. The van der Waals surface area contributed by atoms with Gasteiger partial charge in [-0.15, -0.1) is 0 Å². The monoisotopic (exact) mass is 188 g/mol. The fraction of sp³-hybridized carbons (Fsp3) is 0.429. The molecule has 0 unspecified atom stereocenters. The van der Waals surface area contributed by atoms with E-state index in [-0.39, 0.29) is 0 Å². The summed E-state index contributed by atoms with van der Waals surface area (Å²) in [5.41, 5.74) is 0. The first-order valence-electron chi connectivity index (χ1n) is 2.94. The summed E-state index contributed by atoms with van der Waals surface area (Å²) in [4.78, 5) is 0. The van der Waals surface area contributed by atoms with Crippen molar-refractivity contribution in [2.75, 3.05) is 7.11 Å². The van der Waals surface area contributed by atoms with Gasteiger partial charge in [-0.1, -0.05) is 22.0 Å². The molecule has 0 aromatic rings. The van der Waals surface area contributed by atoms with E-state index in [4.69, 9.17) is 4.74 Å². The molecule has 0 radical (unpaired) electrons. The van der Waals surface area contributed by atoms with Gasteiger partial charge in [0.25, 0.3) is 0 Å². The minimum atomic E-state index is 0.959. The largest absolute Gasteiger partial charge is 0.496 e. The van der Waals surface area contributed by atoms with E-state index >= 15 is 0 Å². The number of allylic oxidation sites excluding steroid dienone is 3. The molecule has 0 amide bonds. The van der Waals surface area contributed by atoms with Crippen molar-refractivity contribution < 1.29 is 4.74 Å². The van der Waals surface area contributed by atoms with Gasteiger partial charge in [0, 0.05) is 4.48 Å². The number of halogens is 1. The van der Waals surface area contributed by atoms with Crippen LogP contribution in [0.4, 0.5) is 0 Å². The molecule has 0 saturated heterocycles. The van der Waals surface area contributed by atoms with Gasteiger partial charge in [-0.2, -0.15) is 0 Å². The molecule has 50 valence electrons. The first-order valence-corrected chi connectivity index (χ1v) is 3.73. The minimum Gasteiger partial charge on any atom is -0.496 e.